The van der Waals surface area contributed by atoms with E-state index in [9.17, 15) is 9.59 Å². The van der Waals surface area contributed by atoms with E-state index in [1.165, 1.54) is 10.5 Å². The lowest BCUT2D eigenvalue weighted by atomic mass is 10.0. The average Bonchev–Trinajstić information content (AvgIpc) is 3.06. The number of hydrogen-bond acceptors (Lipinski definition) is 4. The molecule has 2 N–H and O–H groups in total. The maximum Gasteiger partial charge on any atom is 0.261 e. The van der Waals surface area contributed by atoms with Gasteiger partial charge in [0.2, 0.25) is 0 Å². The molecule has 2 aromatic carbocycles. The molecule has 2 aliphatic rings. The summed E-state index contributed by atoms with van der Waals surface area (Å²) in [5, 5.41) is 6.81. The van der Waals surface area contributed by atoms with Gasteiger partial charge in [0.25, 0.3) is 11.8 Å². The molecule has 0 radical (unpaired) electrons. The first-order chi connectivity index (χ1) is 15.7. The number of nitrogens with one attached hydrogen (secondary N) is 2. The normalized spacial score (nSPS) is 17.0. The van der Waals surface area contributed by atoms with E-state index in [0.717, 1.165) is 45.0 Å². The van der Waals surface area contributed by atoms with E-state index in [4.69, 9.17) is 0 Å². The van der Waals surface area contributed by atoms with E-state index in [-0.39, 0.29) is 42.3 Å². The SMILES string of the molecule is CCNC(=NCCN1C(=O)c2ccccc2C1=O)NC1CCN(Cc2ccccc2)CC1.I. The van der Waals surface area contributed by atoms with Crippen molar-refractivity contribution in [1.82, 2.24) is 20.4 Å². The van der Waals surface area contributed by atoms with Gasteiger partial charge in [-0.2, -0.15) is 0 Å². The van der Waals surface area contributed by atoms with Crippen LogP contribution in [0.1, 0.15) is 46.0 Å². The van der Waals surface area contributed by atoms with Crippen LogP contribution in [-0.4, -0.2) is 66.3 Å². The summed E-state index contributed by atoms with van der Waals surface area (Å²) in [6.45, 7) is 6.51. The van der Waals surface area contributed by atoms with E-state index in [1.807, 2.05) is 6.92 Å². The molecule has 2 aliphatic heterocycles. The summed E-state index contributed by atoms with van der Waals surface area (Å²) >= 11 is 0. The van der Waals surface area contributed by atoms with Gasteiger partial charge >= 0.3 is 0 Å². The van der Waals surface area contributed by atoms with Crippen molar-refractivity contribution in [3.05, 3.63) is 71.3 Å². The van der Waals surface area contributed by atoms with Crippen molar-refractivity contribution in [2.24, 2.45) is 4.99 Å². The molecule has 0 unspecified atom stereocenters. The van der Waals surface area contributed by atoms with E-state index in [0.29, 0.717) is 23.7 Å². The second kappa shape index (κ2) is 12.1. The van der Waals surface area contributed by atoms with E-state index < -0.39 is 0 Å². The van der Waals surface area contributed by atoms with Crippen LogP contribution in [0.5, 0.6) is 0 Å². The monoisotopic (exact) mass is 561 g/mol. The fourth-order valence-electron chi connectivity index (χ4n) is 4.29. The molecular weight excluding hydrogens is 529 g/mol. The van der Waals surface area contributed by atoms with Gasteiger partial charge in [0, 0.05) is 38.8 Å². The van der Waals surface area contributed by atoms with Gasteiger partial charge in [-0.15, -0.1) is 24.0 Å². The maximum absolute atomic E-state index is 12.5. The van der Waals surface area contributed by atoms with Gasteiger partial charge in [0.1, 0.15) is 0 Å². The number of aliphatic imine (C=N–C) groups is 1. The summed E-state index contributed by atoms with van der Waals surface area (Å²) in [4.78, 5) is 33.4. The Hall–Kier alpha value is -2.46. The molecule has 8 heteroatoms. The number of piperidine rings is 1. The van der Waals surface area contributed by atoms with Gasteiger partial charge < -0.3 is 10.6 Å². The number of halogens is 1. The number of imide groups is 1. The van der Waals surface area contributed by atoms with Gasteiger partial charge in [-0.25, -0.2) is 0 Å². The summed E-state index contributed by atoms with van der Waals surface area (Å²) in [5.41, 5.74) is 2.31. The molecule has 0 spiro atoms. The van der Waals surface area contributed by atoms with Gasteiger partial charge in [0.15, 0.2) is 5.96 Å². The second-order valence-electron chi connectivity index (χ2n) is 8.25. The van der Waals surface area contributed by atoms with E-state index >= 15 is 0 Å². The predicted molar refractivity (Wildman–Crippen MR) is 141 cm³/mol. The van der Waals surface area contributed by atoms with Crippen molar-refractivity contribution in [1.29, 1.82) is 0 Å². The number of benzene rings is 2. The predicted octanol–water partition coefficient (Wildman–Crippen LogP) is 3.12. The van der Waals surface area contributed by atoms with Crippen LogP contribution in [0.15, 0.2) is 59.6 Å². The lowest BCUT2D eigenvalue weighted by Crippen LogP contribution is -2.48. The third-order valence-electron chi connectivity index (χ3n) is 5.99. The number of rotatable bonds is 7. The molecule has 0 atom stereocenters. The zero-order valence-corrected chi connectivity index (χ0v) is 21.3. The van der Waals surface area contributed by atoms with E-state index in [2.05, 4.69) is 50.9 Å². The highest BCUT2D eigenvalue weighted by Gasteiger charge is 2.34. The Morgan fingerprint density at radius 2 is 1.58 bits per heavy atom. The van der Waals surface area contributed by atoms with Crippen LogP contribution in [0.3, 0.4) is 0 Å². The van der Waals surface area contributed by atoms with Crippen LogP contribution in [0.25, 0.3) is 0 Å². The van der Waals surface area contributed by atoms with Crippen molar-refractivity contribution >= 4 is 41.8 Å². The number of amides is 2. The van der Waals surface area contributed by atoms with Crippen LogP contribution < -0.4 is 10.6 Å². The fraction of sp³-hybridized carbons (Fsp3) is 0.400. The Labute approximate surface area is 212 Å². The first kappa shape index (κ1) is 25.2. The third kappa shape index (κ3) is 6.32. The summed E-state index contributed by atoms with van der Waals surface area (Å²) in [7, 11) is 0. The number of carbonyl (C=O) groups is 2. The molecule has 7 nitrogen and oxygen atoms in total. The number of carbonyl (C=O) groups excluding carboxylic acids is 2. The molecule has 0 bridgehead atoms. The zero-order chi connectivity index (χ0) is 22.3. The standard InChI is InChI=1S/C25H31N5O2.HI/c1-2-26-25(27-14-17-30-23(31)21-10-6-7-11-22(21)24(30)32)28-20-12-15-29(16-13-20)18-19-8-4-3-5-9-19;/h3-11,20H,2,12-18H2,1H3,(H2,26,27,28);1H. The molecule has 2 amide bonds. The van der Waals surface area contributed by atoms with Crippen LogP contribution in [-0.2, 0) is 6.54 Å². The first-order valence-electron chi connectivity index (χ1n) is 11.4. The topological polar surface area (TPSA) is 77.0 Å². The van der Waals surface area contributed by atoms with Gasteiger partial charge in [-0.05, 0) is 37.5 Å². The molecule has 0 saturated carbocycles. The Balaban J connectivity index is 0.00000306. The Kier molecular flexibility index (Phi) is 9.25. The molecule has 2 heterocycles. The van der Waals surface area contributed by atoms with E-state index in [1.54, 1.807) is 24.3 Å². The molecular formula is C25H32IN5O2. The fourth-order valence-corrected chi connectivity index (χ4v) is 4.29. The highest BCUT2D eigenvalue weighted by atomic mass is 127. The summed E-state index contributed by atoms with van der Waals surface area (Å²) in [6.07, 6.45) is 2.10. The minimum atomic E-state index is -0.232. The molecule has 1 fully saturated rings. The van der Waals surface area contributed by atoms with Crippen LogP contribution in [0.4, 0.5) is 0 Å². The number of nitrogens with zero attached hydrogens (tertiary/aromatic N) is 3. The molecule has 0 aliphatic carbocycles. The first-order valence-corrected chi connectivity index (χ1v) is 11.4. The summed E-state index contributed by atoms with van der Waals surface area (Å²) in [6, 6.07) is 17.9. The lowest BCUT2D eigenvalue weighted by molar-refractivity contribution is 0.0659. The number of guanidine groups is 1. The molecule has 0 aromatic heterocycles. The Bertz CT molecular complexity index is 939. The summed E-state index contributed by atoms with van der Waals surface area (Å²) in [5.74, 6) is 0.278. The minimum Gasteiger partial charge on any atom is -0.357 e. The molecule has 176 valence electrons. The highest BCUT2D eigenvalue weighted by molar-refractivity contribution is 14.0. The van der Waals surface area contributed by atoms with Crippen molar-refractivity contribution < 1.29 is 9.59 Å². The third-order valence-corrected chi connectivity index (χ3v) is 5.99. The lowest BCUT2D eigenvalue weighted by Gasteiger charge is -2.33. The molecule has 2 aromatic rings. The number of fused-ring (bicyclic) bond motifs is 1. The van der Waals surface area contributed by atoms with Gasteiger partial charge in [-0.3, -0.25) is 24.4 Å². The van der Waals surface area contributed by atoms with Crippen LogP contribution in [0, 0.1) is 0 Å². The highest BCUT2D eigenvalue weighted by Crippen LogP contribution is 2.22. The number of hydrogen-bond donors (Lipinski definition) is 2. The largest absolute Gasteiger partial charge is 0.357 e. The minimum absolute atomic E-state index is 0. The second-order valence-corrected chi connectivity index (χ2v) is 8.25. The smallest absolute Gasteiger partial charge is 0.261 e. The quantitative estimate of drug-likeness (QED) is 0.235. The maximum atomic E-state index is 12.5. The van der Waals surface area contributed by atoms with Crippen molar-refractivity contribution in [2.75, 3.05) is 32.7 Å². The molecule has 33 heavy (non-hydrogen) atoms. The molecule has 1 saturated heterocycles. The van der Waals surface area contributed by atoms with Crippen molar-refractivity contribution in [3.8, 4) is 0 Å². The zero-order valence-electron chi connectivity index (χ0n) is 19.0. The van der Waals surface area contributed by atoms with Crippen molar-refractivity contribution in [2.45, 2.75) is 32.4 Å². The van der Waals surface area contributed by atoms with Crippen LogP contribution in [0.2, 0.25) is 0 Å². The van der Waals surface area contributed by atoms with Crippen molar-refractivity contribution in [3.63, 3.8) is 0 Å². The Morgan fingerprint density at radius 3 is 2.18 bits per heavy atom. The van der Waals surface area contributed by atoms with Gasteiger partial charge in [-0.1, -0.05) is 42.5 Å². The van der Waals surface area contributed by atoms with Crippen LogP contribution >= 0.6 is 24.0 Å². The van der Waals surface area contributed by atoms with Gasteiger partial charge in [0.05, 0.1) is 17.7 Å². The number of likely N-dealkylation sites (tertiary alicyclic amines) is 1. The average molecular weight is 561 g/mol. The molecule has 4 rings (SSSR count). The Morgan fingerprint density at radius 1 is 0.970 bits per heavy atom. The summed E-state index contributed by atoms with van der Waals surface area (Å²) < 4.78 is 0.